The van der Waals surface area contributed by atoms with Crippen LogP contribution in [0.3, 0.4) is 0 Å². The molecule has 0 aromatic carbocycles. The summed E-state index contributed by atoms with van der Waals surface area (Å²) in [6.45, 7) is 12.9. The van der Waals surface area contributed by atoms with Crippen LogP contribution in [0, 0.1) is 34.5 Å². The molecule has 2 aliphatic carbocycles. The summed E-state index contributed by atoms with van der Waals surface area (Å²) in [5.74, 6) is 0.481. The second-order valence-corrected chi connectivity index (χ2v) is 18.0. The third-order valence-electron chi connectivity index (χ3n) is 4.97. The van der Waals surface area contributed by atoms with Gasteiger partial charge in [0.2, 0.25) is 0 Å². The predicted molar refractivity (Wildman–Crippen MR) is 95.6 cm³/mol. The van der Waals surface area contributed by atoms with E-state index in [2.05, 4.69) is 51.4 Å². The van der Waals surface area contributed by atoms with Crippen LogP contribution >= 0.6 is 0 Å². The fraction of sp³-hybridized carbons (Fsp3) is 0.882. The van der Waals surface area contributed by atoms with E-state index in [1.165, 1.54) is 0 Å². The Hall–Kier alpha value is -0.666. The quantitative estimate of drug-likeness (QED) is 0.704. The van der Waals surface area contributed by atoms with Crippen LogP contribution in [0.2, 0.25) is 39.3 Å². The highest BCUT2D eigenvalue weighted by atomic mass is 28.4. The molecular weight excluding hydrogens is 320 g/mol. The molecule has 2 fully saturated rings. The predicted octanol–water partition coefficient (Wildman–Crippen LogP) is 4.42. The first-order valence-electron chi connectivity index (χ1n) is 8.68. The van der Waals surface area contributed by atoms with Crippen molar-refractivity contribution in [2.24, 2.45) is 11.8 Å². The van der Waals surface area contributed by atoms with Crippen molar-refractivity contribution in [2.45, 2.75) is 82.6 Å². The van der Waals surface area contributed by atoms with Crippen molar-refractivity contribution in [1.82, 2.24) is 0 Å². The van der Waals surface area contributed by atoms with Crippen molar-refractivity contribution in [3.05, 3.63) is 0 Å². The number of hydrogen-bond acceptors (Lipinski definition) is 4. The van der Waals surface area contributed by atoms with Gasteiger partial charge in [-0.15, -0.1) is 0 Å². The Balaban J connectivity index is 2.23. The van der Waals surface area contributed by atoms with Crippen LogP contribution in [0.5, 0.6) is 0 Å². The van der Waals surface area contributed by atoms with Gasteiger partial charge < -0.3 is 8.85 Å². The molecular formula is C17H30N2O2Si2. The van der Waals surface area contributed by atoms with Gasteiger partial charge in [-0.2, -0.15) is 10.5 Å². The number of fused-ring (bicyclic) bond motifs is 2. The zero-order valence-electron chi connectivity index (χ0n) is 15.4. The third-order valence-corrected chi connectivity index (χ3v) is 6.92. The van der Waals surface area contributed by atoms with Crippen LogP contribution in [0.25, 0.3) is 0 Å². The lowest BCUT2D eigenvalue weighted by molar-refractivity contribution is -0.0869. The molecule has 2 rings (SSSR count). The SMILES string of the molecule is C[Si](C)(C)O[C@]1(C#N)CC[C@H]2C[C@H]1CC[C@]2(C#N)O[Si](C)(C)C. The summed E-state index contributed by atoms with van der Waals surface area (Å²) in [7, 11) is -3.58. The number of hydrogen-bond donors (Lipinski definition) is 0. The van der Waals surface area contributed by atoms with E-state index in [0.717, 1.165) is 32.1 Å². The molecule has 0 saturated heterocycles. The van der Waals surface area contributed by atoms with Crippen LogP contribution in [0.4, 0.5) is 0 Å². The second kappa shape index (κ2) is 6.00. The Morgan fingerprint density at radius 1 is 0.783 bits per heavy atom. The molecule has 0 unspecified atom stereocenters. The minimum Gasteiger partial charge on any atom is -0.400 e. The first-order valence-corrected chi connectivity index (χ1v) is 15.5. The molecule has 2 bridgehead atoms. The standard InChI is InChI=1S/C17H30N2O2Si2/c1-22(2,3)20-16(12-18)9-7-15-11-14(16)8-10-17(15,13-19)21-23(4,5)6/h14-15H,7-11H2,1-6H3/t14-,15+,16+,17-. The molecule has 2 saturated carbocycles. The van der Waals surface area contributed by atoms with E-state index in [1.807, 2.05) is 0 Å². The van der Waals surface area contributed by atoms with Crippen molar-refractivity contribution < 1.29 is 8.85 Å². The van der Waals surface area contributed by atoms with Crippen molar-refractivity contribution in [2.75, 3.05) is 0 Å². The molecule has 0 amide bonds. The maximum absolute atomic E-state index is 9.85. The van der Waals surface area contributed by atoms with E-state index in [1.54, 1.807) is 0 Å². The minimum absolute atomic E-state index is 0.240. The van der Waals surface area contributed by atoms with Gasteiger partial charge in [0, 0.05) is 11.8 Å². The van der Waals surface area contributed by atoms with E-state index < -0.39 is 27.8 Å². The Morgan fingerprint density at radius 2 is 1.13 bits per heavy atom. The highest BCUT2D eigenvalue weighted by Crippen LogP contribution is 2.53. The number of rotatable bonds is 4. The van der Waals surface area contributed by atoms with E-state index in [9.17, 15) is 10.5 Å². The van der Waals surface area contributed by atoms with Crippen LogP contribution in [-0.2, 0) is 8.85 Å². The van der Waals surface area contributed by atoms with Crippen molar-refractivity contribution in [1.29, 1.82) is 10.5 Å². The lowest BCUT2D eigenvalue weighted by atomic mass is 9.59. The first kappa shape index (κ1) is 18.7. The van der Waals surface area contributed by atoms with Crippen LogP contribution < -0.4 is 0 Å². The summed E-state index contributed by atoms with van der Waals surface area (Å²) in [5.41, 5.74) is -1.27. The second-order valence-electron chi connectivity index (χ2n) is 9.14. The summed E-state index contributed by atoms with van der Waals surface area (Å²) in [4.78, 5) is 0. The van der Waals surface area contributed by atoms with Gasteiger partial charge in [0.05, 0.1) is 12.1 Å². The average molecular weight is 351 g/mol. The van der Waals surface area contributed by atoms with Gasteiger partial charge in [-0.3, -0.25) is 0 Å². The summed E-state index contributed by atoms with van der Waals surface area (Å²) in [5, 5.41) is 19.7. The average Bonchev–Trinajstić information content (AvgIpc) is 2.41. The molecule has 0 aromatic rings. The van der Waals surface area contributed by atoms with E-state index >= 15 is 0 Å². The molecule has 0 N–H and O–H groups in total. The summed E-state index contributed by atoms with van der Waals surface area (Å²) in [6, 6.07) is 5.04. The zero-order chi connectivity index (χ0) is 17.5. The van der Waals surface area contributed by atoms with Gasteiger partial charge >= 0.3 is 0 Å². The molecule has 0 aliphatic heterocycles. The van der Waals surface area contributed by atoms with Gasteiger partial charge in [-0.05, 0) is 71.4 Å². The van der Waals surface area contributed by atoms with E-state index in [4.69, 9.17) is 8.85 Å². The topological polar surface area (TPSA) is 66.0 Å². The van der Waals surface area contributed by atoms with Crippen LogP contribution in [0.1, 0.15) is 32.1 Å². The van der Waals surface area contributed by atoms with Gasteiger partial charge in [0.25, 0.3) is 0 Å². The Bertz CT molecular complexity index is 493. The highest BCUT2D eigenvalue weighted by molar-refractivity contribution is 6.70. The molecule has 0 heterocycles. The Labute approximate surface area is 143 Å². The van der Waals surface area contributed by atoms with Crippen LogP contribution in [0.15, 0.2) is 0 Å². The lowest BCUT2D eigenvalue weighted by Crippen LogP contribution is -2.58. The summed E-state index contributed by atoms with van der Waals surface area (Å²) < 4.78 is 12.7. The van der Waals surface area contributed by atoms with Gasteiger partial charge in [-0.1, -0.05) is 0 Å². The molecule has 4 nitrogen and oxygen atoms in total. The highest BCUT2D eigenvalue weighted by Gasteiger charge is 2.56. The molecule has 4 atom stereocenters. The fourth-order valence-corrected chi connectivity index (χ4v) is 7.13. The van der Waals surface area contributed by atoms with E-state index in [-0.39, 0.29) is 11.8 Å². The van der Waals surface area contributed by atoms with Crippen LogP contribution in [-0.4, -0.2) is 27.8 Å². The summed E-state index contributed by atoms with van der Waals surface area (Å²) >= 11 is 0. The molecule has 0 spiro atoms. The van der Waals surface area contributed by atoms with E-state index in [0.29, 0.717) is 0 Å². The van der Waals surface area contributed by atoms with Gasteiger partial charge in [0.15, 0.2) is 16.6 Å². The maximum atomic E-state index is 9.85. The smallest absolute Gasteiger partial charge is 0.185 e. The van der Waals surface area contributed by atoms with Crippen molar-refractivity contribution >= 4 is 16.6 Å². The molecule has 128 valence electrons. The first-order chi connectivity index (χ1) is 10.5. The maximum Gasteiger partial charge on any atom is 0.185 e. The zero-order valence-corrected chi connectivity index (χ0v) is 17.4. The number of nitrogens with zero attached hydrogens (tertiary/aromatic N) is 2. The minimum atomic E-state index is -1.79. The molecule has 0 radical (unpaired) electrons. The fourth-order valence-electron chi connectivity index (χ4n) is 4.31. The molecule has 23 heavy (non-hydrogen) atoms. The number of nitriles is 2. The summed E-state index contributed by atoms with van der Waals surface area (Å²) in [6.07, 6.45) is 4.07. The van der Waals surface area contributed by atoms with Gasteiger partial charge in [-0.25, -0.2) is 0 Å². The monoisotopic (exact) mass is 350 g/mol. The molecule has 0 aromatic heterocycles. The van der Waals surface area contributed by atoms with Crippen molar-refractivity contribution in [3.63, 3.8) is 0 Å². The Kier molecular flexibility index (Phi) is 4.87. The lowest BCUT2D eigenvalue weighted by Gasteiger charge is -2.53. The largest absolute Gasteiger partial charge is 0.400 e. The van der Waals surface area contributed by atoms with Gasteiger partial charge in [0.1, 0.15) is 11.2 Å². The molecule has 2 aliphatic rings. The molecule has 6 heteroatoms. The van der Waals surface area contributed by atoms with Crippen molar-refractivity contribution in [3.8, 4) is 12.1 Å². The Morgan fingerprint density at radius 3 is 1.39 bits per heavy atom. The normalized spacial score (nSPS) is 37.7. The third kappa shape index (κ3) is 3.88.